The summed E-state index contributed by atoms with van der Waals surface area (Å²) in [5, 5.41) is 9.12. The Morgan fingerprint density at radius 1 is 1.11 bits per heavy atom. The molecular weight excluding hydrogens is 226 g/mol. The molecule has 0 aliphatic rings. The van der Waals surface area contributed by atoms with Crippen LogP contribution in [-0.4, -0.2) is 16.7 Å². The highest BCUT2D eigenvalue weighted by Gasteiger charge is 2.03. The van der Waals surface area contributed by atoms with Gasteiger partial charge in [0.1, 0.15) is 5.75 Å². The summed E-state index contributed by atoms with van der Waals surface area (Å²) >= 11 is 0. The Morgan fingerprint density at radius 2 is 1.83 bits per heavy atom. The van der Waals surface area contributed by atoms with E-state index in [0.717, 1.165) is 28.3 Å². The van der Waals surface area contributed by atoms with E-state index in [4.69, 9.17) is 9.84 Å². The van der Waals surface area contributed by atoms with Gasteiger partial charge in [0, 0.05) is 11.3 Å². The summed E-state index contributed by atoms with van der Waals surface area (Å²) in [6.45, 7) is 4.57. The third-order valence-corrected chi connectivity index (χ3v) is 2.83. The minimum absolute atomic E-state index is 0.0301. The molecule has 0 saturated carbocycles. The van der Waals surface area contributed by atoms with E-state index < -0.39 is 0 Å². The Labute approximate surface area is 107 Å². The van der Waals surface area contributed by atoms with Gasteiger partial charge in [0.15, 0.2) is 0 Å². The number of hydrogen-bond acceptors (Lipinski definition) is 3. The molecule has 0 atom stereocenters. The van der Waals surface area contributed by atoms with Crippen LogP contribution in [-0.2, 0) is 6.61 Å². The van der Waals surface area contributed by atoms with Crippen LogP contribution >= 0.6 is 0 Å². The molecule has 1 aromatic heterocycles. The van der Waals surface area contributed by atoms with E-state index >= 15 is 0 Å². The van der Waals surface area contributed by atoms with Gasteiger partial charge in [-0.05, 0) is 49.7 Å². The van der Waals surface area contributed by atoms with Gasteiger partial charge in [0.05, 0.1) is 18.9 Å². The molecule has 1 heterocycles. The first-order valence-electron chi connectivity index (χ1n) is 6.05. The Kier molecular flexibility index (Phi) is 3.95. The van der Waals surface area contributed by atoms with Gasteiger partial charge in [-0.25, -0.2) is 0 Å². The molecule has 0 fully saturated rings. The van der Waals surface area contributed by atoms with Gasteiger partial charge in [-0.3, -0.25) is 4.98 Å². The number of hydrogen-bond donors (Lipinski definition) is 1. The Bertz CT molecular complexity index is 521. The first-order chi connectivity index (χ1) is 8.74. The van der Waals surface area contributed by atoms with Crippen LogP contribution in [0.5, 0.6) is 5.75 Å². The van der Waals surface area contributed by atoms with E-state index in [0.29, 0.717) is 6.61 Å². The maximum absolute atomic E-state index is 9.12. The molecule has 1 N–H and O–H groups in total. The lowest BCUT2D eigenvalue weighted by Crippen LogP contribution is -1.95. The normalized spacial score (nSPS) is 10.4. The van der Waals surface area contributed by atoms with Gasteiger partial charge in [-0.1, -0.05) is 6.07 Å². The van der Waals surface area contributed by atoms with E-state index in [2.05, 4.69) is 4.98 Å². The van der Waals surface area contributed by atoms with Crippen LogP contribution in [0, 0.1) is 6.92 Å². The molecule has 0 radical (unpaired) electrons. The molecule has 2 aromatic rings. The lowest BCUT2D eigenvalue weighted by molar-refractivity contribution is 0.280. The second-order valence-electron chi connectivity index (χ2n) is 4.06. The van der Waals surface area contributed by atoms with Crippen molar-refractivity contribution in [3.8, 4) is 17.0 Å². The SMILES string of the molecule is CCOc1ccc(-c2ccc(CO)c(C)n2)cc1. The molecule has 2 rings (SSSR count). The van der Waals surface area contributed by atoms with Crippen molar-refractivity contribution in [1.82, 2.24) is 4.98 Å². The van der Waals surface area contributed by atoms with Gasteiger partial charge < -0.3 is 9.84 Å². The predicted octanol–water partition coefficient (Wildman–Crippen LogP) is 2.95. The Morgan fingerprint density at radius 3 is 2.39 bits per heavy atom. The summed E-state index contributed by atoms with van der Waals surface area (Å²) in [7, 11) is 0. The summed E-state index contributed by atoms with van der Waals surface area (Å²) in [6.07, 6.45) is 0. The van der Waals surface area contributed by atoms with Gasteiger partial charge in [-0.15, -0.1) is 0 Å². The number of aliphatic hydroxyl groups is 1. The molecule has 1 aromatic carbocycles. The number of pyridine rings is 1. The summed E-state index contributed by atoms with van der Waals surface area (Å²) in [4.78, 5) is 4.49. The number of ether oxygens (including phenoxy) is 1. The minimum atomic E-state index is 0.0301. The maximum Gasteiger partial charge on any atom is 0.119 e. The lowest BCUT2D eigenvalue weighted by atomic mass is 10.1. The van der Waals surface area contributed by atoms with Gasteiger partial charge >= 0.3 is 0 Å². The highest BCUT2D eigenvalue weighted by Crippen LogP contribution is 2.22. The standard InChI is InChI=1S/C15H17NO2/c1-3-18-14-7-4-12(5-8-14)15-9-6-13(10-17)11(2)16-15/h4-9,17H,3,10H2,1-2H3. The molecule has 18 heavy (non-hydrogen) atoms. The number of rotatable bonds is 4. The van der Waals surface area contributed by atoms with Crippen molar-refractivity contribution in [2.75, 3.05) is 6.61 Å². The average Bonchev–Trinajstić information content (AvgIpc) is 2.40. The highest BCUT2D eigenvalue weighted by molar-refractivity contribution is 5.60. The van der Waals surface area contributed by atoms with Gasteiger partial charge in [0.2, 0.25) is 0 Å². The second-order valence-corrected chi connectivity index (χ2v) is 4.06. The van der Waals surface area contributed by atoms with Crippen LogP contribution in [0.25, 0.3) is 11.3 Å². The molecule has 0 aliphatic heterocycles. The van der Waals surface area contributed by atoms with E-state index in [-0.39, 0.29) is 6.61 Å². The molecule has 0 spiro atoms. The molecule has 0 aliphatic carbocycles. The highest BCUT2D eigenvalue weighted by atomic mass is 16.5. The molecular formula is C15H17NO2. The van der Waals surface area contributed by atoms with E-state index in [1.807, 2.05) is 50.2 Å². The van der Waals surface area contributed by atoms with Crippen LogP contribution in [0.15, 0.2) is 36.4 Å². The fourth-order valence-corrected chi connectivity index (χ4v) is 1.81. The number of nitrogens with zero attached hydrogens (tertiary/aromatic N) is 1. The first-order valence-corrected chi connectivity index (χ1v) is 6.05. The molecule has 0 saturated heterocycles. The summed E-state index contributed by atoms with van der Waals surface area (Å²) in [5.74, 6) is 0.866. The van der Waals surface area contributed by atoms with Crippen molar-refractivity contribution in [3.63, 3.8) is 0 Å². The zero-order chi connectivity index (χ0) is 13.0. The molecule has 0 bridgehead atoms. The summed E-state index contributed by atoms with van der Waals surface area (Å²) in [6, 6.07) is 11.7. The molecule has 3 heteroatoms. The van der Waals surface area contributed by atoms with Gasteiger partial charge in [-0.2, -0.15) is 0 Å². The smallest absolute Gasteiger partial charge is 0.119 e. The van der Waals surface area contributed by atoms with Crippen molar-refractivity contribution in [2.24, 2.45) is 0 Å². The monoisotopic (exact) mass is 243 g/mol. The van der Waals surface area contributed by atoms with Crippen LogP contribution < -0.4 is 4.74 Å². The third-order valence-electron chi connectivity index (χ3n) is 2.83. The van der Waals surface area contributed by atoms with Gasteiger partial charge in [0.25, 0.3) is 0 Å². The number of aliphatic hydroxyl groups excluding tert-OH is 1. The second kappa shape index (κ2) is 5.65. The zero-order valence-corrected chi connectivity index (χ0v) is 10.7. The molecule has 0 amide bonds. The zero-order valence-electron chi connectivity index (χ0n) is 10.7. The third kappa shape index (κ3) is 2.68. The largest absolute Gasteiger partial charge is 0.494 e. The number of benzene rings is 1. The average molecular weight is 243 g/mol. The van der Waals surface area contributed by atoms with Crippen LogP contribution in [0.3, 0.4) is 0 Å². The topological polar surface area (TPSA) is 42.4 Å². The lowest BCUT2D eigenvalue weighted by Gasteiger charge is -2.07. The quantitative estimate of drug-likeness (QED) is 0.897. The minimum Gasteiger partial charge on any atom is -0.494 e. The summed E-state index contributed by atoms with van der Waals surface area (Å²) in [5.41, 5.74) is 3.69. The predicted molar refractivity (Wildman–Crippen MR) is 71.5 cm³/mol. The maximum atomic E-state index is 9.12. The molecule has 0 unspecified atom stereocenters. The first kappa shape index (κ1) is 12.6. The number of aryl methyl sites for hydroxylation is 1. The number of aromatic nitrogens is 1. The van der Waals surface area contributed by atoms with Crippen LogP contribution in [0.2, 0.25) is 0 Å². The van der Waals surface area contributed by atoms with E-state index in [9.17, 15) is 0 Å². The van der Waals surface area contributed by atoms with Crippen molar-refractivity contribution in [3.05, 3.63) is 47.7 Å². The molecule has 94 valence electrons. The van der Waals surface area contributed by atoms with Crippen molar-refractivity contribution < 1.29 is 9.84 Å². The summed E-state index contributed by atoms with van der Waals surface area (Å²) < 4.78 is 5.40. The van der Waals surface area contributed by atoms with Crippen molar-refractivity contribution >= 4 is 0 Å². The Hall–Kier alpha value is -1.87. The van der Waals surface area contributed by atoms with Crippen molar-refractivity contribution in [2.45, 2.75) is 20.5 Å². The van der Waals surface area contributed by atoms with E-state index in [1.165, 1.54) is 0 Å². The van der Waals surface area contributed by atoms with Crippen molar-refractivity contribution in [1.29, 1.82) is 0 Å². The van der Waals surface area contributed by atoms with Crippen LogP contribution in [0.4, 0.5) is 0 Å². The Balaban J connectivity index is 2.28. The van der Waals surface area contributed by atoms with E-state index in [1.54, 1.807) is 0 Å². The fraction of sp³-hybridized carbons (Fsp3) is 0.267. The molecule has 3 nitrogen and oxygen atoms in total. The fourth-order valence-electron chi connectivity index (χ4n) is 1.81. The van der Waals surface area contributed by atoms with Crippen LogP contribution in [0.1, 0.15) is 18.2 Å².